The van der Waals surface area contributed by atoms with Gasteiger partial charge >= 0.3 is 0 Å². The SMILES string of the molecule is COC[C@H](C)N=C(N)SCCOc1ccccc1C. The quantitative estimate of drug-likeness (QED) is 0.474. The highest BCUT2D eigenvalue weighted by Gasteiger charge is 2.02. The van der Waals surface area contributed by atoms with E-state index in [2.05, 4.69) is 4.99 Å². The largest absolute Gasteiger partial charge is 0.492 e. The van der Waals surface area contributed by atoms with Gasteiger partial charge in [-0.3, -0.25) is 4.99 Å². The first-order valence-corrected chi connectivity index (χ1v) is 7.25. The maximum atomic E-state index is 5.82. The Morgan fingerprint density at radius 2 is 2.16 bits per heavy atom. The van der Waals surface area contributed by atoms with Crippen molar-refractivity contribution in [1.82, 2.24) is 0 Å². The average Bonchev–Trinajstić information content (AvgIpc) is 2.36. The molecule has 1 rings (SSSR count). The Morgan fingerprint density at radius 3 is 2.84 bits per heavy atom. The third kappa shape index (κ3) is 6.50. The standard InChI is InChI=1S/C14H22N2O2S/c1-11-6-4-5-7-13(11)18-8-9-19-14(15)16-12(2)10-17-3/h4-7,12H,8-10H2,1-3H3,(H2,15,16)/t12-/m0/s1. The van der Waals surface area contributed by atoms with Gasteiger partial charge in [-0.2, -0.15) is 0 Å². The van der Waals surface area contributed by atoms with Crippen molar-refractivity contribution in [2.24, 2.45) is 10.7 Å². The van der Waals surface area contributed by atoms with Gasteiger partial charge in [0.25, 0.3) is 0 Å². The first kappa shape index (κ1) is 15.9. The van der Waals surface area contributed by atoms with Crippen LogP contribution in [0.15, 0.2) is 29.3 Å². The number of ether oxygens (including phenoxy) is 2. The molecule has 0 saturated heterocycles. The number of hydrogen-bond acceptors (Lipinski definition) is 4. The lowest BCUT2D eigenvalue weighted by molar-refractivity contribution is 0.186. The zero-order valence-electron chi connectivity index (χ0n) is 11.8. The van der Waals surface area contributed by atoms with Crippen LogP contribution in [0.4, 0.5) is 0 Å². The number of rotatable bonds is 7. The van der Waals surface area contributed by atoms with Crippen molar-refractivity contribution in [2.75, 3.05) is 26.1 Å². The molecule has 0 saturated carbocycles. The van der Waals surface area contributed by atoms with Crippen LogP contribution < -0.4 is 10.5 Å². The number of methoxy groups -OCH3 is 1. The van der Waals surface area contributed by atoms with E-state index in [0.29, 0.717) is 18.4 Å². The van der Waals surface area contributed by atoms with E-state index < -0.39 is 0 Å². The van der Waals surface area contributed by atoms with Crippen molar-refractivity contribution in [3.05, 3.63) is 29.8 Å². The van der Waals surface area contributed by atoms with Gasteiger partial charge in [-0.25, -0.2) is 0 Å². The zero-order valence-corrected chi connectivity index (χ0v) is 12.6. The molecule has 4 nitrogen and oxygen atoms in total. The maximum absolute atomic E-state index is 5.82. The number of para-hydroxylation sites is 1. The molecule has 0 radical (unpaired) electrons. The van der Waals surface area contributed by atoms with Crippen LogP contribution in [0, 0.1) is 6.92 Å². The molecule has 0 spiro atoms. The minimum atomic E-state index is 0.0924. The minimum absolute atomic E-state index is 0.0924. The van der Waals surface area contributed by atoms with Gasteiger partial charge in [-0.15, -0.1) is 0 Å². The van der Waals surface area contributed by atoms with Crippen LogP contribution in [0.3, 0.4) is 0 Å². The van der Waals surface area contributed by atoms with Gasteiger partial charge in [-0.1, -0.05) is 30.0 Å². The first-order chi connectivity index (χ1) is 9.13. The molecule has 2 N–H and O–H groups in total. The molecular formula is C14H22N2O2S. The monoisotopic (exact) mass is 282 g/mol. The normalized spacial score (nSPS) is 13.3. The summed E-state index contributed by atoms with van der Waals surface area (Å²) in [5.74, 6) is 1.70. The molecule has 1 atom stereocenters. The van der Waals surface area contributed by atoms with Crippen LogP contribution in [0.1, 0.15) is 12.5 Å². The molecule has 19 heavy (non-hydrogen) atoms. The number of aryl methyl sites for hydroxylation is 1. The molecular weight excluding hydrogens is 260 g/mol. The molecule has 1 aromatic carbocycles. The Morgan fingerprint density at radius 1 is 1.42 bits per heavy atom. The molecule has 0 aromatic heterocycles. The van der Waals surface area contributed by atoms with E-state index in [1.54, 1.807) is 7.11 Å². The summed E-state index contributed by atoms with van der Waals surface area (Å²) in [7, 11) is 1.66. The van der Waals surface area contributed by atoms with Crippen LogP contribution >= 0.6 is 11.8 Å². The second-order valence-electron chi connectivity index (χ2n) is 4.23. The molecule has 0 amide bonds. The molecule has 0 unspecified atom stereocenters. The lowest BCUT2D eigenvalue weighted by Crippen LogP contribution is -2.16. The number of aliphatic imine (C=N–C) groups is 1. The number of thioether (sulfide) groups is 1. The summed E-state index contributed by atoms with van der Waals surface area (Å²) < 4.78 is 10.7. The fourth-order valence-corrected chi connectivity index (χ4v) is 2.18. The Hall–Kier alpha value is -1.20. The van der Waals surface area contributed by atoms with Gasteiger partial charge in [0.05, 0.1) is 19.3 Å². The molecule has 1 aromatic rings. The molecule has 0 aliphatic carbocycles. The van der Waals surface area contributed by atoms with Gasteiger partial charge in [0.2, 0.25) is 0 Å². The number of hydrogen-bond donors (Lipinski definition) is 1. The summed E-state index contributed by atoms with van der Waals surface area (Å²) in [6.07, 6.45) is 0. The van der Waals surface area contributed by atoms with Gasteiger partial charge in [0.15, 0.2) is 5.17 Å². The third-order valence-electron chi connectivity index (χ3n) is 2.44. The number of benzene rings is 1. The van der Waals surface area contributed by atoms with E-state index in [9.17, 15) is 0 Å². The van der Waals surface area contributed by atoms with E-state index in [-0.39, 0.29) is 6.04 Å². The number of amidine groups is 1. The highest BCUT2D eigenvalue weighted by molar-refractivity contribution is 8.13. The van der Waals surface area contributed by atoms with E-state index in [1.165, 1.54) is 11.8 Å². The summed E-state index contributed by atoms with van der Waals surface area (Å²) in [6, 6.07) is 8.06. The summed E-state index contributed by atoms with van der Waals surface area (Å²) >= 11 is 1.50. The van der Waals surface area contributed by atoms with Crippen LogP contribution in [0.5, 0.6) is 5.75 Å². The van der Waals surface area contributed by atoms with Crippen molar-refractivity contribution in [2.45, 2.75) is 19.9 Å². The number of nitrogens with two attached hydrogens (primary N) is 1. The van der Waals surface area contributed by atoms with Crippen molar-refractivity contribution >= 4 is 16.9 Å². The van der Waals surface area contributed by atoms with Crippen LogP contribution in [-0.2, 0) is 4.74 Å². The predicted octanol–water partition coefficient (Wildman–Crippen LogP) is 2.46. The Balaban J connectivity index is 2.26. The molecule has 0 bridgehead atoms. The van der Waals surface area contributed by atoms with E-state index in [4.69, 9.17) is 15.2 Å². The molecule has 106 valence electrons. The van der Waals surface area contributed by atoms with Gasteiger partial charge in [0.1, 0.15) is 5.75 Å². The first-order valence-electron chi connectivity index (χ1n) is 6.27. The number of nitrogens with zero attached hydrogens (tertiary/aromatic N) is 1. The second kappa shape index (κ2) is 8.82. The van der Waals surface area contributed by atoms with Gasteiger partial charge < -0.3 is 15.2 Å². The van der Waals surface area contributed by atoms with Gasteiger partial charge in [0, 0.05) is 12.9 Å². The third-order valence-corrected chi connectivity index (χ3v) is 3.21. The lowest BCUT2D eigenvalue weighted by atomic mass is 10.2. The van der Waals surface area contributed by atoms with Crippen molar-refractivity contribution in [1.29, 1.82) is 0 Å². The summed E-state index contributed by atoms with van der Waals surface area (Å²) in [5.41, 5.74) is 6.96. The zero-order chi connectivity index (χ0) is 14.1. The van der Waals surface area contributed by atoms with E-state index >= 15 is 0 Å². The maximum Gasteiger partial charge on any atom is 0.154 e. The Kier molecular flexibility index (Phi) is 7.36. The molecule has 0 heterocycles. The van der Waals surface area contributed by atoms with Crippen molar-refractivity contribution in [3.63, 3.8) is 0 Å². The summed E-state index contributed by atoms with van der Waals surface area (Å²) in [6.45, 7) is 5.21. The Bertz CT molecular complexity index is 410. The van der Waals surface area contributed by atoms with Crippen LogP contribution in [0.25, 0.3) is 0 Å². The van der Waals surface area contributed by atoms with E-state index in [1.807, 2.05) is 38.1 Å². The average molecular weight is 282 g/mol. The van der Waals surface area contributed by atoms with Crippen LogP contribution in [-0.4, -0.2) is 37.3 Å². The topological polar surface area (TPSA) is 56.8 Å². The lowest BCUT2D eigenvalue weighted by Gasteiger charge is -2.09. The fraction of sp³-hybridized carbons (Fsp3) is 0.500. The van der Waals surface area contributed by atoms with Crippen molar-refractivity contribution < 1.29 is 9.47 Å². The Labute approximate surface area is 119 Å². The van der Waals surface area contributed by atoms with E-state index in [0.717, 1.165) is 17.1 Å². The molecule has 0 aliphatic heterocycles. The molecule has 0 fully saturated rings. The molecule has 0 aliphatic rings. The minimum Gasteiger partial charge on any atom is -0.492 e. The summed E-state index contributed by atoms with van der Waals surface area (Å²) in [5, 5.41) is 0.581. The second-order valence-corrected chi connectivity index (χ2v) is 5.35. The van der Waals surface area contributed by atoms with Crippen LogP contribution in [0.2, 0.25) is 0 Å². The van der Waals surface area contributed by atoms with Gasteiger partial charge in [-0.05, 0) is 25.5 Å². The highest BCUT2D eigenvalue weighted by Crippen LogP contribution is 2.16. The highest BCUT2D eigenvalue weighted by atomic mass is 32.2. The summed E-state index contributed by atoms with van der Waals surface area (Å²) in [4.78, 5) is 4.31. The smallest absolute Gasteiger partial charge is 0.154 e. The fourth-order valence-electron chi connectivity index (χ4n) is 1.55. The predicted molar refractivity (Wildman–Crippen MR) is 82.1 cm³/mol. The molecule has 5 heteroatoms. The van der Waals surface area contributed by atoms with Crippen molar-refractivity contribution in [3.8, 4) is 5.75 Å².